The molecule has 1 aromatic carbocycles. The molecule has 1 heteroatoms. The van der Waals surface area contributed by atoms with Crippen LogP contribution in [0.2, 0.25) is 0 Å². The summed E-state index contributed by atoms with van der Waals surface area (Å²) in [6.45, 7) is 7.60. The van der Waals surface area contributed by atoms with Gasteiger partial charge in [-0.25, -0.2) is 0 Å². The molecule has 0 bridgehead atoms. The van der Waals surface area contributed by atoms with Crippen molar-refractivity contribution in [2.75, 3.05) is 0 Å². The van der Waals surface area contributed by atoms with E-state index in [4.69, 9.17) is 4.74 Å². The zero-order valence-electron chi connectivity index (χ0n) is 6.92. The van der Waals surface area contributed by atoms with E-state index in [0.717, 1.165) is 5.75 Å². The number of ether oxygens (including phenoxy) is 1. The van der Waals surface area contributed by atoms with Crippen LogP contribution < -0.4 is 4.74 Å². The SMILES string of the molecule is C=COc1cccc(C)c1C. The van der Waals surface area contributed by atoms with E-state index in [1.807, 2.05) is 19.1 Å². The fraction of sp³-hybridized carbons (Fsp3) is 0.200. The third-order valence-electron chi connectivity index (χ3n) is 1.77. The van der Waals surface area contributed by atoms with Crippen molar-refractivity contribution in [3.8, 4) is 5.75 Å². The van der Waals surface area contributed by atoms with E-state index in [1.165, 1.54) is 17.4 Å². The summed E-state index contributed by atoms with van der Waals surface area (Å²) in [5.74, 6) is 0.889. The van der Waals surface area contributed by atoms with Gasteiger partial charge in [0.2, 0.25) is 0 Å². The summed E-state index contributed by atoms with van der Waals surface area (Å²) in [5.41, 5.74) is 2.41. The highest BCUT2D eigenvalue weighted by Crippen LogP contribution is 2.20. The predicted octanol–water partition coefficient (Wildman–Crippen LogP) is 2.83. The first-order valence-corrected chi connectivity index (χ1v) is 3.59. The zero-order valence-corrected chi connectivity index (χ0v) is 6.92. The van der Waals surface area contributed by atoms with E-state index < -0.39 is 0 Å². The Kier molecular flexibility index (Phi) is 2.32. The van der Waals surface area contributed by atoms with Gasteiger partial charge in [0.1, 0.15) is 5.75 Å². The molecule has 1 aromatic rings. The largest absolute Gasteiger partial charge is 0.465 e. The Morgan fingerprint density at radius 2 is 2.09 bits per heavy atom. The average Bonchev–Trinajstić information content (AvgIpc) is 1.99. The first-order valence-electron chi connectivity index (χ1n) is 3.59. The van der Waals surface area contributed by atoms with Gasteiger partial charge in [0.05, 0.1) is 6.26 Å². The summed E-state index contributed by atoms with van der Waals surface area (Å²) >= 11 is 0. The maximum atomic E-state index is 5.18. The molecule has 1 rings (SSSR count). The van der Waals surface area contributed by atoms with E-state index in [-0.39, 0.29) is 0 Å². The molecular weight excluding hydrogens is 136 g/mol. The van der Waals surface area contributed by atoms with Gasteiger partial charge in [-0.15, -0.1) is 0 Å². The normalized spacial score (nSPS) is 9.27. The quantitative estimate of drug-likeness (QED) is 0.586. The van der Waals surface area contributed by atoms with Crippen molar-refractivity contribution in [1.82, 2.24) is 0 Å². The van der Waals surface area contributed by atoms with Crippen molar-refractivity contribution in [1.29, 1.82) is 0 Å². The molecule has 0 fully saturated rings. The number of benzene rings is 1. The molecule has 0 atom stereocenters. The van der Waals surface area contributed by atoms with Gasteiger partial charge in [-0.05, 0) is 31.0 Å². The van der Waals surface area contributed by atoms with Crippen molar-refractivity contribution in [2.24, 2.45) is 0 Å². The van der Waals surface area contributed by atoms with Crippen LogP contribution >= 0.6 is 0 Å². The first kappa shape index (κ1) is 7.86. The molecule has 0 aliphatic rings. The first-order chi connectivity index (χ1) is 5.25. The molecule has 1 nitrogen and oxygen atoms in total. The van der Waals surface area contributed by atoms with Gasteiger partial charge in [0.15, 0.2) is 0 Å². The molecule has 11 heavy (non-hydrogen) atoms. The van der Waals surface area contributed by atoms with Gasteiger partial charge in [-0.2, -0.15) is 0 Å². The lowest BCUT2D eigenvalue weighted by molar-refractivity contribution is 0.479. The lowest BCUT2D eigenvalue weighted by Gasteiger charge is -2.05. The molecule has 0 saturated carbocycles. The van der Waals surface area contributed by atoms with E-state index in [0.29, 0.717) is 0 Å². The third-order valence-corrected chi connectivity index (χ3v) is 1.77. The van der Waals surface area contributed by atoms with Crippen LogP contribution in [-0.4, -0.2) is 0 Å². The molecule has 0 saturated heterocycles. The second-order valence-electron chi connectivity index (χ2n) is 2.48. The topological polar surface area (TPSA) is 9.23 Å². The highest BCUT2D eigenvalue weighted by molar-refractivity contribution is 5.38. The summed E-state index contributed by atoms with van der Waals surface area (Å²) in [4.78, 5) is 0. The Labute approximate surface area is 67.3 Å². The van der Waals surface area contributed by atoms with Crippen LogP contribution in [0.15, 0.2) is 31.0 Å². The van der Waals surface area contributed by atoms with Crippen LogP contribution in [0.1, 0.15) is 11.1 Å². The lowest BCUT2D eigenvalue weighted by atomic mass is 10.1. The second kappa shape index (κ2) is 3.24. The molecule has 0 aliphatic heterocycles. The van der Waals surface area contributed by atoms with Crippen LogP contribution in [-0.2, 0) is 0 Å². The van der Waals surface area contributed by atoms with Gasteiger partial charge in [-0.3, -0.25) is 0 Å². The number of aryl methyl sites for hydroxylation is 1. The average molecular weight is 148 g/mol. The van der Waals surface area contributed by atoms with Crippen molar-refractivity contribution < 1.29 is 4.74 Å². The molecule has 0 amide bonds. The minimum atomic E-state index is 0.889. The van der Waals surface area contributed by atoms with Crippen molar-refractivity contribution in [3.63, 3.8) is 0 Å². The Balaban J connectivity index is 3.05. The monoisotopic (exact) mass is 148 g/mol. The van der Waals surface area contributed by atoms with Crippen LogP contribution in [0.4, 0.5) is 0 Å². The fourth-order valence-corrected chi connectivity index (χ4v) is 0.942. The van der Waals surface area contributed by atoms with E-state index >= 15 is 0 Å². The standard InChI is InChI=1S/C10H12O/c1-4-11-10-7-5-6-8(2)9(10)3/h4-7H,1H2,2-3H3. The molecule has 0 aliphatic carbocycles. The predicted molar refractivity (Wildman–Crippen MR) is 46.7 cm³/mol. The van der Waals surface area contributed by atoms with E-state index in [9.17, 15) is 0 Å². The Morgan fingerprint density at radius 1 is 1.36 bits per heavy atom. The molecule has 0 N–H and O–H groups in total. The molecule has 0 aromatic heterocycles. The van der Waals surface area contributed by atoms with Crippen molar-refractivity contribution in [3.05, 3.63) is 42.2 Å². The number of rotatable bonds is 2. The van der Waals surface area contributed by atoms with Crippen LogP contribution in [0.25, 0.3) is 0 Å². The summed E-state index contributed by atoms with van der Waals surface area (Å²) in [5, 5.41) is 0. The van der Waals surface area contributed by atoms with Gasteiger partial charge in [-0.1, -0.05) is 18.7 Å². The fourth-order valence-electron chi connectivity index (χ4n) is 0.942. The zero-order chi connectivity index (χ0) is 8.27. The highest BCUT2D eigenvalue weighted by Gasteiger charge is 1.98. The van der Waals surface area contributed by atoms with Gasteiger partial charge < -0.3 is 4.74 Å². The third kappa shape index (κ3) is 1.61. The van der Waals surface area contributed by atoms with E-state index in [2.05, 4.69) is 19.6 Å². The molecule has 0 unspecified atom stereocenters. The Morgan fingerprint density at radius 3 is 2.73 bits per heavy atom. The van der Waals surface area contributed by atoms with Crippen LogP contribution in [0.3, 0.4) is 0 Å². The molecule has 0 heterocycles. The number of hydrogen-bond donors (Lipinski definition) is 0. The molecule has 58 valence electrons. The summed E-state index contributed by atoms with van der Waals surface area (Å²) in [6, 6.07) is 5.97. The molecular formula is C10H12O. The van der Waals surface area contributed by atoms with E-state index in [1.54, 1.807) is 0 Å². The minimum Gasteiger partial charge on any atom is -0.465 e. The maximum Gasteiger partial charge on any atom is 0.129 e. The van der Waals surface area contributed by atoms with Gasteiger partial charge >= 0.3 is 0 Å². The lowest BCUT2D eigenvalue weighted by Crippen LogP contribution is -1.87. The summed E-state index contributed by atoms with van der Waals surface area (Å²) in [7, 11) is 0. The van der Waals surface area contributed by atoms with Gasteiger partial charge in [0, 0.05) is 0 Å². The maximum absolute atomic E-state index is 5.18. The minimum absolute atomic E-state index is 0.889. The summed E-state index contributed by atoms with van der Waals surface area (Å²) in [6.07, 6.45) is 1.45. The molecule has 0 spiro atoms. The number of hydrogen-bond acceptors (Lipinski definition) is 1. The Bertz CT molecular complexity index is 264. The molecule has 0 radical (unpaired) electrons. The smallest absolute Gasteiger partial charge is 0.129 e. The second-order valence-corrected chi connectivity index (χ2v) is 2.48. The van der Waals surface area contributed by atoms with Crippen molar-refractivity contribution in [2.45, 2.75) is 13.8 Å². The highest BCUT2D eigenvalue weighted by atomic mass is 16.5. The van der Waals surface area contributed by atoms with Crippen molar-refractivity contribution >= 4 is 0 Å². The van der Waals surface area contributed by atoms with Gasteiger partial charge in [0.25, 0.3) is 0 Å². The Hall–Kier alpha value is -1.24. The van der Waals surface area contributed by atoms with Crippen LogP contribution in [0.5, 0.6) is 5.75 Å². The van der Waals surface area contributed by atoms with Crippen LogP contribution in [0, 0.1) is 13.8 Å². The summed E-state index contributed by atoms with van der Waals surface area (Å²) < 4.78 is 5.18.